The minimum atomic E-state index is 0.0929. The second kappa shape index (κ2) is 3.72. The van der Waals surface area contributed by atoms with Crippen molar-refractivity contribution >= 4 is 16.5 Å². The Morgan fingerprint density at radius 2 is 2.11 bits per heavy atom. The number of quaternary nitrogens is 1. The summed E-state index contributed by atoms with van der Waals surface area (Å²) in [5, 5.41) is 3.58. The summed E-state index contributed by atoms with van der Waals surface area (Å²) >= 11 is 0. The molecule has 1 aliphatic carbocycles. The normalized spacial score (nSPS) is 28.7. The lowest BCUT2D eigenvalue weighted by atomic mass is 9.75. The molecule has 0 saturated carbocycles. The predicted octanol–water partition coefficient (Wildman–Crippen LogP) is 2.59. The lowest BCUT2D eigenvalue weighted by Crippen LogP contribution is -2.84. The molecule has 0 spiro atoms. The number of nitrogens with two attached hydrogens (primary N) is 1. The number of rotatable bonds is 1. The first kappa shape index (κ1) is 10.8. The number of hydrogen-bond donors (Lipinski definition) is 2. The molecular formula is C17H17N2+. The Kier molecular flexibility index (Phi) is 2.12. The zero-order valence-corrected chi connectivity index (χ0v) is 10.9. The zero-order chi connectivity index (χ0) is 12.9. The predicted molar refractivity (Wildman–Crippen MR) is 78.4 cm³/mol. The summed E-state index contributed by atoms with van der Waals surface area (Å²) in [6, 6.07) is 11.2. The fourth-order valence-corrected chi connectivity index (χ4v) is 3.26. The van der Waals surface area contributed by atoms with Crippen LogP contribution in [0.4, 0.5) is 0 Å². The van der Waals surface area contributed by atoms with Crippen LogP contribution in [0, 0.1) is 5.41 Å². The van der Waals surface area contributed by atoms with E-state index in [4.69, 9.17) is 0 Å². The van der Waals surface area contributed by atoms with E-state index in [1.54, 1.807) is 0 Å². The highest BCUT2D eigenvalue weighted by atomic mass is 15.0. The summed E-state index contributed by atoms with van der Waals surface area (Å²) in [7, 11) is 0. The molecule has 2 aromatic rings. The van der Waals surface area contributed by atoms with Crippen molar-refractivity contribution in [3.8, 4) is 0 Å². The van der Waals surface area contributed by atoms with E-state index in [1.165, 1.54) is 22.2 Å². The largest absolute Gasteiger partial charge is 0.355 e. The highest BCUT2D eigenvalue weighted by Crippen LogP contribution is 2.42. The van der Waals surface area contributed by atoms with Gasteiger partial charge < -0.3 is 10.3 Å². The van der Waals surface area contributed by atoms with Crippen LogP contribution in [-0.4, -0.2) is 11.0 Å². The SMILES string of the molecule is CC12C=CC=CC1[NH2+]C=C2c1cc2ccccc2[nH]1. The van der Waals surface area contributed by atoms with Crippen molar-refractivity contribution in [2.24, 2.45) is 5.41 Å². The van der Waals surface area contributed by atoms with Crippen LogP contribution in [0.25, 0.3) is 16.5 Å². The first-order chi connectivity index (χ1) is 9.27. The van der Waals surface area contributed by atoms with Crippen molar-refractivity contribution in [2.75, 3.05) is 0 Å². The molecule has 0 fully saturated rings. The van der Waals surface area contributed by atoms with Gasteiger partial charge in [-0.25, -0.2) is 0 Å². The number of benzene rings is 1. The van der Waals surface area contributed by atoms with Crippen LogP contribution < -0.4 is 5.32 Å². The van der Waals surface area contributed by atoms with Gasteiger partial charge in [0.15, 0.2) is 0 Å². The Balaban J connectivity index is 1.84. The number of H-pyrrole nitrogens is 1. The minimum Gasteiger partial charge on any atom is -0.355 e. The Morgan fingerprint density at radius 3 is 3.00 bits per heavy atom. The summed E-state index contributed by atoms with van der Waals surface area (Å²) < 4.78 is 0. The number of aromatic amines is 1. The lowest BCUT2D eigenvalue weighted by Gasteiger charge is -2.27. The molecule has 2 nitrogen and oxygen atoms in total. The second-order valence-corrected chi connectivity index (χ2v) is 5.60. The van der Waals surface area contributed by atoms with Crippen LogP contribution in [0.5, 0.6) is 0 Å². The second-order valence-electron chi connectivity index (χ2n) is 5.60. The molecule has 0 amide bonds. The van der Waals surface area contributed by atoms with E-state index in [-0.39, 0.29) is 5.41 Å². The van der Waals surface area contributed by atoms with Gasteiger partial charge in [0.05, 0.1) is 11.6 Å². The molecule has 2 unspecified atom stereocenters. The standard InChI is InChI=1S/C17H16N2/c1-17-9-5-4-8-16(17)18-11-13(17)15-10-12-6-2-3-7-14(12)19-15/h2-11,16,18-19H,1H3/p+1. The molecule has 2 aliphatic rings. The van der Waals surface area contributed by atoms with Gasteiger partial charge in [-0.05, 0) is 30.5 Å². The molecule has 0 radical (unpaired) electrons. The summed E-state index contributed by atoms with van der Waals surface area (Å²) in [5.74, 6) is 0. The number of allylic oxidation sites excluding steroid dienone is 2. The number of fused-ring (bicyclic) bond motifs is 2. The van der Waals surface area contributed by atoms with E-state index < -0.39 is 0 Å². The van der Waals surface area contributed by atoms with Crippen molar-refractivity contribution in [1.29, 1.82) is 0 Å². The van der Waals surface area contributed by atoms with Crippen molar-refractivity contribution in [2.45, 2.75) is 13.0 Å². The van der Waals surface area contributed by atoms with E-state index in [2.05, 4.69) is 78.1 Å². The van der Waals surface area contributed by atoms with E-state index in [0.717, 1.165) is 0 Å². The molecule has 4 rings (SSSR count). The van der Waals surface area contributed by atoms with Gasteiger partial charge in [-0.2, -0.15) is 0 Å². The van der Waals surface area contributed by atoms with Gasteiger partial charge >= 0.3 is 0 Å². The zero-order valence-electron chi connectivity index (χ0n) is 10.9. The van der Waals surface area contributed by atoms with Crippen LogP contribution in [-0.2, 0) is 0 Å². The molecule has 3 N–H and O–H groups in total. The average molecular weight is 249 g/mol. The smallest absolute Gasteiger partial charge is 0.122 e. The topological polar surface area (TPSA) is 32.4 Å². The van der Waals surface area contributed by atoms with Crippen molar-refractivity contribution < 1.29 is 5.32 Å². The maximum absolute atomic E-state index is 3.55. The third-order valence-electron chi connectivity index (χ3n) is 4.44. The lowest BCUT2D eigenvalue weighted by molar-refractivity contribution is -0.614. The Hall–Kier alpha value is -2.06. The first-order valence-corrected chi connectivity index (χ1v) is 6.77. The monoisotopic (exact) mass is 249 g/mol. The molecule has 1 aliphatic heterocycles. The fourth-order valence-electron chi connectivity index (χ4n) is 3.26. The van der Waals surface area contributed by atoms with Crippen LogP contribution in [0.15, 0.2) is 60.8 Å². The number of nitrogens with one attached hydrogen (secondary N) is 1. The number of para-hydroxylation sites is 1. The van der Waals surface area contributed by atoms with Gasteiger partial charge in [0.1, 0.15) is 6.04 Å². The molecule has 2 atom stereocenters. The molecule has 0 bridgehead atoms. The third kappa shape index (κ3) is 1.47. The van der Waals surface area contributed by atoms with Crippen LogP contribution >= 0.6 is 0 Å². The van der Waals surface area contributed by atoms with Crippen molar-refractivity contribution in [3.05, 3.63) is 66.5 Å². The Bertz CT molecular complexity index is 700. The quantitative estimate of drug-likeness (QED) is 0.779. The highest BCUT2D eigenvalue weighted by molar-refractivity contribution is 5.86. The fraction of sp³-hybridized carbons (Fsp3) is 0.176. The molecule has 2 heteroatoms. The van der Waals surface area contributed by atoms with Gasteiger partial charge in [0.25, 0.3) is 0 Å². The molecule has 1 aromatic heterocycles. The van der Waals surface area contributed by atoms with E-state index in [1.807, 2.05) is 0 Å². The summed E-state index contributed by atoms with van der Waals surface area (Å²) in [6.07, 6.45) is 11.2. The molecule has 0 saturated heterocycles. The minimum absolute atomic E-state index is 0.0929. The van der Waals surface area contributed by atoms with Crippen LogP contribution in [0.2, 0.25) is 0 Å². The Labute approximate surface area is 112 Å². The molecule has 2 heterocycles. The van der Waals surface area contributed by atoms with Gasteiger partial charge in [-0.1, -0.05) is 36.4 Å². The number of aromatic nitrogens is 1. The maximum atomic E-state index is 3.55. The van der Waals surface area contributed by atoms with Gasteiger partial charge in [-0.3, -0.25) is 0 Å². The van der Waals surface area contributed by atoms with E-state index in [9.17, 15) is 0 Å². The van der Waals surface area contributed by atoms with E-state index >= 15 is 0 Å². The molecular weight excluding hydrogens is 232 g/mol. The maximum Gasteiger partial charge on any atom is 0.122 e. The summed E-state index contributed by atoms with van der Waals surface area (Å²) in [6.45, 7) is 2.32. The third-order valence-corrected chi connectivity index (χ3v) is 4.44. The van der Waals surface area contributed by atoms with Gasteiger partial charge in [-0.15, -0.1) is 0 Å². The van der Waals surface area contributed by atoms with Gasteiger partial charge in [0.2, 0.25) is 0 Å². The number of hydrogen-bond acceptors (Lipinski definition) is 0. The van der Waals surface area contributed by atoms with Crippen molar-refractivity contribution in [1.82, 2.24) is 4.98 Å². The molecule has 94 valence electrons. The van der Waals surface area contributed by atoms with Gasteiger partial charge in [0, 0.05) is 16.8 Å². The first-order valence-electron chi connectivity index (χ1n) is 6.77. The summed E-state index contributed by atoms with van der Waals surface area (Å²) in [5.41, 5.74) is 3.92. The van der Waals surface area contributed by atoms with Crippen molar-refractivity contribution in [3.63, 3.8) is 0 Å². The van der Waals surface area contributed by atoms with Crippen LogP contribution in [0.1, 0.15) is 12.6 Å². The van der Waals surface area contributed by atoms with E-state index in [0.29, 0.717) is 6.04 Å². The Morgan fingerprint density at radius 1 is 1.21 bits per heavy atom. The highest BCUT2D eigenvalue weighted by Gasteiger charge is 2.44. The summed E-state index contributed by atoms with van der Waals surface area (Å²) in [4.78, 5) is 3.55. The average Bonchev–Trinajstić information content (AvgIpc) is 2.97. The van der Waals surface area contributed by atoms with Crippen LogP contribution in [0.3, 0.4) is 0 Å². The molecule has 1 aromatic carbocycles. The molecule has 19 heavy (non-hydrogen) atoms.